The monoisotopic (exact) mass is 434 g/mol. The fraction of sp³-hybridized carbons (Fsp3) is 0.483. The van der Waals surface area contributed by atoms with E-state index in [4.69, 9.17) is 0 Å². The highest BCUT2D eigenvalue weighted by Gasteiger charge is 2.40. The second-order valence-electron chi connectivity index (χ2n) is 9.78. The molecule has 1 heterocycles. The summed E-state index contributed by atoms with van der Waals surface area (Å²) >= 11 is 0. The Hall–Kier alpha value is -2.42. The lowest BCUT2D eigenvalue weighted by molar-refractivity contribution is 0.213. The molecule has 0 saturated heterocycles. The summed E-state index contributed by atoms with van der Waals surface area (Å²) in [5.41, 5.74) is 6.44. The van der Waals surface area contributed by atoms with E-state index in [0.29, 0.717) is 0 Å². The largest absolute Gasteiger partial charge is 0.247 e. The van der Waals surface area contributed by atoms with Crippen molar-refractivity contribution in [3.05, 3.63) is 71.5 Å². The van der Waals surface area contributed by atoms with E-state index in [0.717, 1.165) is 17.7 Å². The van der Waals surface area contributed by atoms with Gasteiger partial charge >= 0.3 is 0 Å². The van der Waals surface area contributed by atoms with Crippen molar-refractivity contribution in [1.82, 2.24) is 9.78 Å². The summed E-state index contributed by atoms with van der Waals surface area (Å²) in [4.78, 5) is 0. The van der Waals surface area contributed by atoms with Crippen molar-refractivity contribution in [2.75, 3.05) is 0 Å². The Bertz CT molecular complexity index is 1030. The average molecular weight is 435 g/mol. The lowest BCUT2D eigenvalue weighted by Gasteiger charge is -2.33. The Morgan fingerprint density at radius 2 is 1.69 bits per heavy atom. The van der Waals surface area contributed by atoms with Crippen LogP contribution < -0.4 is 0 Å². The summed E-state index contributed by atoms with van der Waals surface area (Å²) in [6.07, 6.45) is 7.56. The number of fused-ring (bicyclic) bond motifs is 3. The van der Waals surface area contributed by atoms with Gasteiger partial charge in [-0.25, -0.2) is 9.07 Å². The number of aromatic nitrogens is 2. The molecule has 3 aromatic rings. The molecule has 0 radical (unpaired) electrons. The van der Waals surface area contributed by atoms with Gasteiger partial charge in [-0.15, -0.1) is 0 Å². The highest BCUT2D eigenvalue weighted by molar-refractivity contribution is 5.82. The van der Waals surface area contributed by atoms with E-state index in [1.54, 1.807) is 13.1 Å². The molecule has 2 aromatic carbocycles. The van der Waals surface area contributed by atoms with Crippen LogP contribution in [0.25, 0.3) is 16.8 Å². The van der Waals surface area contributed by atoms with Crippen molar-refractivity contribution >= 4 is 0 Å². The summed E-state index contributed by atoms with van der Waals surface area (Å²) < 4.78 is 16.7. The normalized spacial score (nSPS) is 16.4. The van der Waals surface area contributed by atoms with Gasteiger partial charge in [0.2, 0.25) is 0 Å². The smallest absolute Gasteiger partial charge is 0.107 e. The Labute approximate surface area is 193 Å². The fourth-order valence-electron chi connectivity index (χ4n) is 4.83. The quantitative estimate of drug-likeness (QED) is 0.381. The minimum atomic E-state index is -0.959. The van der Waals surface area contributed by atoms with Gasteiger partial charge in [-0.1, -0.05) is 85.1 Å². The molecule has 0 bridgehead atoms. The lowest BCUT2D eigenvalue weighted by Crippen LogP contribution is -2.32. The van der Waals surface area contributed by atoms with Crippen LogP contribution in [0.1, 0.15) is 90.8 Å². The Morgan fingerprint density at radius 3 is 2.22 bits per heavy atom. The summed E-state index contributed by atoms with van der Waals surface area (Å²) in [5.74, 6) is 0. The van der Waals surface area contributed by atoms with E-state index in [-0.39, 0.29) is 5.41 Å². The van der Waals surface area contributed by atoms with E-state index in [2.05, 4.69) is 76.1 Å². The first kappa shape index (κ1) is 24.2. The second-order valence-corrected chi connectivity index (χ2v) is 9.78. The van der Waals surface area contributed by atoms with Crippen LogP contribution in [0.2, 0.25) is 0 Å². The first-order valence-corrected chi connectivity index (χ1v) is 12.1. The molecule has 1 unspecified atom stereocenters. The molecule has 0 spiro atoms. The SMILES string of the molecule is CCC(C)(c1cc2c(cc1-n1cccn1)C(C)(C)c1ccccc1-2)[C@@H](C)F.CCCCC. The molecule has 0 saturated carbocycles. The second kappa shape index (κ2) is 9.60. The van der Waals surface area contributed by atoms with Crippen molar-refractivity contribution in [3.8, 4) is 16.8 Å². The number of hydrogen-bond donors (Lipinski definition) is 0. The summed E-state index contributed by atoms with van der Waals surface area (Å²) in [6.45, 7) is 14.7. The zero-order valence-corrected chi connectivity index (χ0v) is 20.9. The standard InChI is InChI=1S/C24H27FN2.C5H12/c1-6-24(5,16(2)25)21-14-18-17-10-7-8-11-19(17)23(3,4)20(18)15-22(21)27-13-9-12-26-27;1-3-5-4-2/h7-16H,6H2,1-5H3;3-5H2,1-2H3/t16-,24?;/m1./s1. The van der Waals surface area contributed by atoms with Crippen LogP contribution in [0.15, 0.2) is 54.9 Å². The molecule has 0 N–H and O–H groups in total. The molecule has 2 atom stereocenters. The third-order valence-electron chi connectivity index (χ3n) is 7.39. The molecule has 3 heteroatoms. The number of benzene rings is 2. The number of rotatable bonds is 6. The zero-order valence-electron chi connectivity index (χ0n) is 20.9. The number of halogens is 1. The predicted octanol–water partition coefficient (Wildman–Crippen LogP) is 8.40. The number of nitrogens with zero attached hydrogens (tertiary/aromatic N) is 2. The molecule has 1 aliphatic carbocycles. The van der Waals surface area contributed by atoms with E-state index in [1.165, 1.54) is 41.5 Å². The Kier molecular flexibility index (Phi) is 7.27. The van der Waals surface area contributed by atoms with E-state index >= 15 is 0 Å². The van der Waals surface area contributed by atoms with Crippen LogP contribution in [0.3, 0.4) is 0 Å². The number of hydrogen-bond acceptors (Lipinski definition) is 1. The molecule has 0 fully saturated rings. The first-order chi connectivity index (χ1) is 15.2. The van der Waals surface area contributed by atoms with Gasteiger partial charge in [0.05, 0.1) is 5.69 Å². The van der Waals surface area contributed by atoms with Gasteiger partial charge in [0, 0.05) is 23.2 Å². The van der Waals surface area contributed by atoms with Gasteiger partial charge in [-0.05, 0) is 59.4 Å². The molecular formula is C29H39FN2. The molecule has 2 nitrogen and oxygen atoms in total. The molecule has 0 aliphatic heterocycles. The van der Waals surface area contributed by atoms with Crippen molar-refractivity contribution in [2.24, 2.45) is 0 Å². The average Bonchev–Trinajstić information content (AvgIpc) is 3.39. The maximum Gasteiger partial charge on any atom is 0.107 e. The van der Waals surface area contributed by atoms with Crippen LogP contribution in [-0.2, 0) is 10.8 Å². The summed E-state index contributed by atoms with van der Waals surface area (Å²) in [5, 5.41) is 4.47. The highest BCUT2D eigenvalue weighted by Crippen LogP contribution is 2.51. The molecule has 4 rings (SSSR count). The molecule has 0 amide bonds. The van der Waals surface area contributed by atoms with E-state index < -0.39 is 11.6 Å². The Morgan fingerprint density at radius 1 is 1.00 bits per heavy atom. The third-order valence-corrected chi connectivity index (χ3v) is 7.39. The maximum atomic E-state index is 14.8. The minimum Gasteiger partial charge on any atom is -0.247 e. The van der Waals surface area contributed by atoms with Crippen LogP contribution in [0.4, 0.5) is 4.39 Å². The molecule has 1 aromatic heterocycles. The zero-order chi connectivity index (χ0) is 23.5. The van der Waals surface area contributed by atoms with Gasteiger partial charge in [0.15, 0.2) is 0 Å². The lowest BCUT2D eigenvalue weighted by atomic mass is 9.74. The van der Waals surface area contributed by atoms with E-state index in [1.807, 2.05) is 23.9 Å². The maximum absolute atomic E-state index is 14.8. The fourth-order valence-corrected chi connectivity index (χ4v) is 4.83. The van der Waals surface area contributed by atoms with Crippen molar-refractivity contribution in [2.45, 2.75) is 91.2 Å². The first-order valence-electron chi connectivity index (χ1n) is 12.1. The topological polar surface area (TPSA) is 17.8 Å². The van der Waals surface area contributed by atoms with Gasteiger partial charge in [-0.3, -0.25) is 0 Å². The van der Waals surface area contributed by atoms with Gasteiger partial charge in [0.1, 0.15) is 6.17 Å². The highest BCUT2D eigenvalue weighted by atomic mass is 19.1. The van der Waals surface area contributed by atoms with Crippen molar-refractivity contribution < 1.29 is 4.39 Å². The summed E-state index contributed by atoms with van der Waals surface area (Å²) in [7, 11) is 0. The number of alkyl halides is 1. The molecule has 32 heavy (non-hydrogen) atoms. The van der Waals surface area contributed by atoms with Crippen molar-refractivity contribution in [3.63, 3.8) is 0 Å². The van der Waals surface area contributed by atoms with Gasteiger partial charge in [0.25, 0.3) is 0 Å². The molecular weight excluding hydrogens is 395 g/mol. The molecule has 1 aliphatic rings. The van der Waals surface area contributed by atoms with Crippen LogP contribution >= 0.6 is 0 Å². The van der Waals surface area contributed by atoms with Gasteiger partial charge in [-0.2, -0.15) is 5.10 Å². The van der Waals surface area contributed by atoms with Gasteiger partial charge < -0.3 is 0 Å². The minimum absolute atomic E-state index is 0.0870. The summed E-state index contributed by atoms with van der Waals surface area (Å²) in [6, 6.07) is 14.9. The molecule has 172 valence electrons. The van der Waals surface area contributed by atoms with E-state index in [9.17, 15) is 4.39 Å². The number of unbranched alkanes of at least 4 members (excludes halogenated alkanes) is 2. The third kappa shape index (κ3) is 4.14. The van der Waals surface area contributed by atoms with Crippen LogP contribution in [0, 0.1) is 0 Å². The van der Waals surface area contributed by atoms with Crippen LogP contribution in [0.5, 0.6) is 0 Å². The Balaban J connectivity index is 0.000000523. The predicted molar refractivity (Wildman–Crippen MR) is 135 cm³/mol. The van der Waals surface area contributed by atoms with Crippen molar-refractivity contribution in [1.29, 1.82) is 0 Å². The van der Waals surface area contributed by atoms with Crippen LogP contribution in [-0.4, -0.2) is 16.0 Å².